The lowest BCUT2D eigenvalue weighted by Crippen LogP contribution is -2.42. The molecule has 0 amide bonds. The Bertz CT molecular complexity index is 683. The first-order valence-electron chi connectivity index (χ1n) is 16.5. The van der Waals surface area contributed by atoms with Gasteiger partial charge in [-0.3, -0.25) is 14.4 Å². The second-order valence-corrected chi connectivity index (χ2v) is 11.4. The van der Waals surface area contributed by atoms with Crippen LogP contribution in [-0.2, 0) is 33.3 Å². The first kappa shape index (κ1) is 37.3. The minimum atomic E-state index is -0.652. The highest BCUT2D eigenvalue weighted by atomic mass is 16.5. The Morgan fingerprint density at radius 1 is 0.659 bits per heavy atom. The predicted octanol–water partition coefficient (Wildman–Crippen LogP) is 5.34. The van der Waals surface area contributed by atoms with Gasteiger partial charge in [-0.05, 0) is 82.7 Å². The molecule has 1 aliphatic rings. The maximum Gasteiger partial charge on any atom is 0.325 e. The number of hydrogen-bond donors (Lipinski definition) is 2. The van der Waals surface area contributed by atoms with Crippen LogP contribution in [0.5, 0.6) is 0 Å². The number of ether oxygens (including phenoxy) is 4. The summed E-state index contributed by atoms with van der Waals surface area (Å²) in [6, 6.07) is -1.07. The summed E-state index contributed by atoms with van der Waals surface area (Å²) in [4.78, 5) is 37.4. The van der Waals surface area contributed by atoms with E-state index in [0.717, 1.165) is 90.0 Å². The molecule has 1 saturated carbocycles. The summed E-state index contributed by atoms with van der Waals surface area (Å²) in [6.07, 6.45) is 12.8. The van der Waals surface area contributed by atoms with Crippen molar-refractivity contribution in [3.63, 3.8) is 0 Å². The van der Waals surface area contributed by atoms with Gasteiger partial charge in [-0.25, -0.2) is 0 Å². The summed E-state index contributed by atoms with van der Waals surface area (Å²) in [5.74, 6) is -0.0110. The Kier molecular flexibility index (Phi) is 22.6. The standard InChI is InChI=1S/C32H60N2O7/c1-5-9-18-33-28(31(36)39-20-11-7-3)23-30(35)41-24-27-15-13-26(14-16-27)17-22-38-25-29(34-19-10-6-2)32(37)40-21-12-8-4/h26-29,33-34H,5-25H2,1-4H3. The van der Waals surface area contributed by atoms with E-state index in [0.29, 0.717) is 51.4 Å². The van der Waals surface area contributed by atoms with Crippen LogP contribution in [0.3, 0.4) is 0 Å². The van der Waals surface area contributed by atoms with E-state index in [1.54, 1.807) is 0 Å². The van der Waals surface area contributed by atoms with Gasteiger partial charge in [0.1, 0.15) is 12.1 Å². The highest BCUT2D eigenvalue weighted by molar-refractivity contribution is 5.82. The monoisotopic (exact) mass is 584 g/mol. The molecule has 0 bridgehead atoms. The third-order valence-corrected chi connectivity index (χ3v) is 7.67. The molecule has 2 atom stereocenters. The van der Waals surface area contributed by atoms with Crippen LogP contribution in [0.1, 0.15) is 118 Å². The number of rotatable bonds is 25. The number of unbranched alkanes of at least 4 members (excludes halogenated alkanes) is 4. The molecule has 0 aromatic heterocycles. The predicted molar refractivity (Wildman–Crippen MR) is 162 cm³/mol. The Morgan fingerprint density at radius 2 is 1.17 bits per heavy atom. The van der Waals surface area contributed by atoms with Crippen molar-refractivity contribution in [2.24, 2.45) is 11.8 Å². The van der Waals surface area contributed by atoms with Crippen molar-refractivity contribution in [2.75, 3.05) is 46.1 Å². The number of esters is 3. The molecule has 0 aliphatic heterocycles. The van der Waals surface area contributed by atoms with Crippen LogP contribution in [0.4, 0.5) is 0 Å². The summed E-state index contributed by atoms with van der Waals surface area (Å²) in [5, 5.41) is 6.45. The lowest BCUT2D eigenvalue weighted by atomic mass is 9.81. The molecule has 2 N–H and O–H groups in total. The van der Waals surface area contributed by atoms with Crippen LogP contribution < -0.4 is 10.6 Å². The molecule has 1 rings (SSSR count). The Labute approximate surface area is 249 Å². The molecule has 2 unspecified atom stereocenters. The third-order valence-electron chi connectivity index (χ3n) is 7.67. The van der Waals surface area contributed by atoms with Gasteiger partial charge < -0.3 is 29.6 Å². The summed E-state index contributed by atoms with van der Waals surface area (Å²) in [6.45, 7) is 12.0. The average molecular weight is 585 g/mol. The van der Waals surface area contributed by atoms with E-state index in [9.17, 15) is 14.4 Å². The smallest absolute Gasteiger partial charge is 0.325 e. The van der Waals surface area contributed by atoms with E-state index in [-0.39, 0.29) is 24.3 Å². The lowest BCUT2D eigenvalue weighted by molar-refractivity contribution is -0.153. The van der Waals surface area contributed by atoms with Gasteiger partial charge in [0.15, 0.2) is 0 Å². The molecule has 0 heterocycles. The zero-order chi connectivity index (χ0) is 30.1. The van der Waals surface area contributed by atoms with Crippen LogP contribution in [0.25, 0.3) is 0 Å². The molecule has 240 valence electrons. The summed E-state index contributed by atoms with van der Waals surface area (Å²) >= 11 is 0. The van der Waals surface area contributed by atoms with Gasteiger partial charge >= 0.3 is 17.9 Å². The van der Waals surface area contributed by atoms with Gasteiger partial charge in [-0.1, -0.05) is 53.4 Å². The molecular formula is C32H60N2O7. The van der Waals surface area contributed by atoms with Crippen molar-refractivity contribution < 1.29 is 33.3 Å². The molecular weight excluding hydrogens is 524 g/mol. The Morgan fingerprint density at radius 3 is 1.73 bits per heavy atom. The SMILES string of the molecule is CCCCNC(COCCC1CCC(COC(=O)CC(NCCCC)C(=O)OCCCC)CC1)C(=O)OCCCC. The van der Waals surface area contributed by atoms with Crippen molar-refractivity contribution >= 4 is 17.9 Å². The maximum absolute atomic E-state index is 12.5. The van der Waals surface area contributed by atoms with E-state index in [4.69, 9.17) is 18.9 Å². The lowest BCUT2D eigenvalue weighted by Gasteiger charge is -2.28. The van der Waals surface area contributed by atoms with Crippen molar-refractivity contribution in [3.05, 3.63) is 0 Å². The van der Waals surface area contributed by atoms with Crippen molar-refractivity contribution in [2.45, 2.75) is 130 Å². The molecule has 0 aromatic carbocycles. The third kappa shape index (κ3) is 18.4. The summed E-state index contributed by atoms with van der Waals surface area (Å²) < 4.78 is 22.2. The highest BCUT2D eigenvalue weighted by Gasteiger charge is 2.26. The number of carbonyl (C=O) groups is 3. The minimum absolute atomic E-state index is 0.00178. The topological polar surface area (TPSA) is 112 Å². The molecule has 1 aliphatic carbocycles. The molecule has 0 spiro atoms. The molecule has 1 fully saturated rings. The van der Waals surface area contributed by atoms with Crippen molar-refractivity contribution in [1.29, 1.82) is 0 Å². The molecule has 41 heavy (non-hydrogen) atoms. The molecule has 0 aromatic rings. The second kappa shape index (κ2) is 24.8. The maximum atomic E-state index is 12.5. The van der Waals surface area contributed by atoms with Crippen molar-refractivity contribution in [1.82, 2.24) is 10.6 Å². The fourth-order valence-electron chi connectivity index (χ4n) is 4.77. The van der Waals surface area contributed by atoms with E-state index in [1.807, 2.05) is 6.92 Å². The zero-order valence-electron chi connectivity index (χ0n) is 26.5. The van der Waals surface area contributed by atoms with Crippen LogP contribution in [-0.4, -0.2) is 76.1 Å². The van der Waals surface area contributed by atoms with Gasteiger partial charge in [-0.2, -0.15) is 0 Å². The van der Waals surface area contributed by atoms with E-state index < -0.39 is 12.1 Å². The summed E-state index contributed by atoms with van der Waals surface area (Å²) in [7, 11) is 0. The first-order chi connectivity index (χ1) is 19.9. The van der Waals surface area contributed by atoms with Gasteiger partial charge in [0.2, 0.25) is 0 Å². The molecule has 9 nitrogen and oxygen atoms in total. The molecule has 9 heteroatoms. The van der Waals surface area contributed by atoms with Gasteiger partial charge in [0, 0.05) is 6.61 Å². The number of carbonyl (C=O) groups excluding carboxylic acids is 3. The minimum Gasteiger partial charge on any atom is -0.465 e. The van der Waals surface area contributed by atoms with Crippen LogP contribution in [0.15, 0.2) is 0 Å². The largest absolute Gasteiger partial charge is 0.465 e. The fourth-order valence-corrected chi connectivity index (χ4v) is 4.77. The van der Waals surface area contributed by atoms with Crippen LogP contribution in [0.2, 0.25) is 0 Å². The quantitative estimate of drug-likeness (QED) is 0.0835. The van der Waals surface area contributed by atoms with E-state index >= 15 is 0 Å². The molecule has 0 radical (unpaired) electrons. The second-order valence-electron chi connectivity index (χ2n) is 11.4. The summed E-state index contributed by atoms with van der Waals surface area (Å²) in [5.41, 5.74) is 0. The average Bonchev–Trinajstić information content (AvgIpc) is 2.97. The highest BCUT2D eigenvalue weighted by Crippen LogP contribution is 2.31. The fraction of sp³-hybridized carbons (Fsp3) is 0.906. The number of nitrogens with one attached hydrogen (secondary N) is 2. The molecule has 0 saturated heterocycles. The van der Waals surface area contributed by atoms with Gasteiger partial charge in [0.05, 0.1) is 32.8 Å². The first-order valence-corrected chi connectivity index (χ1v) is 16.5. The zero-order valence-corrected chi connectivity index (χ0v) is 26.5. The number of hydrogen-bond acceptors (Lipinski definition) is 9. The normalized spacial score (nSPS) is 18.4. The van der Waals surface area contributed by atoms with E-state index in [1.165, 1.54) is 0 Å². The van der Waals surface area contributed by atoms with Crippen LogP contribution in [0, 0.1) is 11.8 Å². The van der Waals surface area contributed by atoms with Crippen molar-refractivity contribution in [3.8, 4) is 0 Å². The van der Waals surface area contributed by atoms with E-state index in [2.05, 4.69) is 31.4 Å². The van der Waals surface area contributed by atoms with Gasteiger partial charge in [0.25, 0.3) is 0 Å². The Balaban J connectivity index is 2.32. The van der Waals surface area contributed by atoms with Crippen LogP contribution >= 0.6 is 0 Å². The van der Waals surface area contributed by atoms with Gasteiger partial charge in [-0.15, -0.1) is 0 Å². The Hall–Kier alpha value is -1.71.